The third-order valence-corrected chi connectivity index (χ3v) is 4.78. The highest BCUT2D eigenvalue weighted by Crippen LogP contribution is 2.33. The van der Waals surface area contributed by atoms with Crippen LogP contribution < -0.4 is 10.6 Å². The fraction of sp³-hybridized carbons (Fsp3) is 0.133. The van der Waals surface area contributed by atoms with Crippen molar-refractivity contribution in [2.45, 2.75) is 11.4 Å². The zero-order valence-corrected chi connectivity index (χ0v) is 13.3. The number of carbonyl (C=O) groups excluding carboxylic acids is 1. The van der Waals surface area contributed by atoms with Gasteiger partial charge in [-0.05, 0) is 42.0 Å². The van der Waals surface area contributed by atoms with Crippen LogP contribution in [0, 0.1) is 0 Å². The van der Waals surface area contributed by atoms with E-state index in [4.69, 9.17) is 23.2 Å². The lowest BCUT2D eigenvalue weighted by Gasteiger charge is -2.17. The molecule has 0 atom stereocenters. The van der Waals surface area contributed by atoms with Crippen molar-refractivity contribution in [2.75, 3.05) is 16.4 Å². The van der Waals surface area contributed by atoms with Crippen molar-refractivity contribution in [3.05, 3.63) is 52.0 Å². The molecule has 0 unspecified atom stereocenters. The zero-order chi connectivity index (χ0) is 14.8. The Morgan fingerprint density at radius 2 is 2.05 bits per heavy atom. The van der Waals surface area contributed by atoms with E-state index in [0.29, 0.717) is 22.3 Å². The van der Waals surface area contributed by atoms with Crippen LogP contribution in [0.4, 0.5) is 11.4 Å². The summed E-state index contributed by atoms with van der Waals surface area (Å²) in [5.74, 6) is 0.500. The number of hydrogen-bond donors (Lipinski definition) is 2. The number of anilines is 2. The lowest BCUT2D eigenvalue weighted by Crippen LogP contribution is -2.18. The molecule has 21 heavy (non-hydrogen) atoms. The van der Waals surface area contributed by atoms with E-state index in [9.17, 15) is 4.79 Å². The van der Waals surface area contributed by atoms with Gasteiger partial charge in [0.1, 0.15) is 0 Å². The molecular weight excluding hydrogens is 327 g/mol. The van der Waals surface area contributed by atoms with Gasteiger partial charge in [0.25, 0.3) is 0 Å². The van der Waals surface area contributed by atoms with Crippen LogP contribution in [-0.4, -0.2) is 11.7 Å². The van der Waals surface area contributed by atoms with Gasteiger partial charge in [-0.25, -0.2) is 0 Å². The second-order valence-corrected chi connectivity index (χ2v) is 6.50. The molecule has 3 nitrogen and oxygen atoms in total. The van der Waals surface area contributed by atoms with E-state index >= 15 is 0 Å². The van der Waals surface area contributed by atoms with E-state index in [0.717, 1.165) is 21.8 Å². The predicted molar refractivity (Wildman–Crippen MR) is 89.6 cm³/mol. The smallest absolute Gasteiger partial charge is 0.234 e. The van der Waals surface area contributed by atoms with Gasteiger partial charge in [0, 0.05) is 27.2 Å². The second kappa shape index (κ2) is 6.18. The number of fused-ring (bicyclic) bond motifs is 1. The molecule has 0 fully saturated rings. The fourth-order valence-corrected chi connectivity index (χ4v) is 3.24. The van der Waals surface area contributed by atoms with Gasteiger partial charge < -0.3 is 10.6 Å². The number of halogens is 2. The molecule has 1 aliphatic rings. The summed E-state index contributed by atoms with van der Waals surface area (Å²) in [6, 6.07) is 11.3. The second-order valence-electron chi connectivity index (χ2n) is 4.64. The molecule has 0 bridgehead atoms. The minimum absolute atomic E-state index is 0.0301. The topological polar surface area (TPSA) is 41.1 Å². The van der Waals surface area contributed by atoms with E-state index < -0.39 is 0 Å². The van der Waals surface area contributed by atoms with Crippen molar-refractivity contribution in [1.29, 1.82) is 0 Å². The number of amides is 1. The van der Waals surface area contributed by atoms with Gasteiger partial charge in [-0.1, -0.05) is 23.2 Å². The first kappa shape index (κ1) is 14.6. The van der Waals surface area contributed by atoms with Crippen molar-refractivity contribution < 1.29 is 4.79 Å². The van der Waals surface area contributed by atoms with Gasteiger partial charge in [0.2, 0.25) is 5.91 Å². The Morgan fingerprint density at radius 3 is 2.90 bits per heavy atom. The number of nitrogens with one attached hydrogen (secondary N) is 2. The van der Waals surface area contributed by atoms with Crippen LogP contribution >= 0.6 is 35.0 Å². The standard InChI is InChI=1S/C15H12Cl2N2OS/c16-10-1-3-12(17)9(5-10)7-18-11-2-4-14-13(6-11)19-15(20)8-21-14/h1-6,18H,7-8H2,(H,19,20). The van der Waals surface area contributed by atoms with Crippen molar-refractivity contribution >= 4 is 52.2 Å². The predicted octanol–water partition coefficient (Wildman–Crippen LogP) is 4.65. The van der Waals surface area contributed by atoms with Gasteiger partial charge in [0.15, 0.2) is 0 Å². The van der Waals surface area contributed by atoms with Crippen LogP contribution in [0.2, 0.25) is 10.0 Å². The van der Waals surface area contributed by atoms with Gasteiger partial charge in [-0.15, -0.1) is 11.8 Å². The fourth-order valence-electron chi connectivity index (χ4n) is 2.07. The molecule has 0 saturated heterocycles. The van der Waals surface area contributed by atoms with E-state index in [1.807, 2.05) is 24.3 Å². The molecular formula is C15H12Cl2N2OS. The van der Waals surface area contributed by atoms with E-state index in [1.165, 1.54) is 0 Å². The molecule has 2 N–H and O–H groups in total. The molecule has 1 heterocycles. The molecule has 0 saturated carbocycles. The van der Waals surface area contributed by atoms with Crippen LogP contribution in [0.1, 0.15) is 5.56 Å². The summed E-state index contributed by atoms with van der Waals surface area (Å²) >= 11 is 13.7. The molecule has 1 aliphatic heterocycles. The Balaban J connectivity index is 1.75. The molecule has 0 spiro atoms. The monoisotopic (exact) mass is 338 g/mol. The summed E-state index contributed by atoms with van der Waals surface area (Å²) in [5.41, 5.74) is 2.70. The number of rotatable bonds is 3. The van der Waals surface area contributed by atoms with Gasteiger partial charge in [-0.2, -0.15) is 0 Å². The third kappa shape index (κ3) is 3.46. The molecule has 2 aromatic rings. The van der Waals surface area contributed by atoms with Crippen LogP contribution in [0.25, 0.3) is 0 Å². The van der Waals surface area contributed by atoms with Crippen LogP contribution in [-0.2, 0) is 11.3 Å². The maximum atomic E-state index is 11.4. The number of thioether (sulfide) groups is 1. The Kier molecular flexibility index (Phi) is 4.29. The summed E-state index contributed by atoms with van der Waals surface area (Å²) in [6.45, 7) is 0.569. The maximum Gasteiger partial charge on any atom is 0.234 e. The first-order valence-electron chi connectivity index (χ1n) is 6.36. The largest absolute Gasteiger partial charge is 0.381 e. The Bertz CT molecular complexity index is 706. The Hall–Kier alpha value is -1.36. The molecule has 0 radical (unpaired) electrons. The normalized spacial score (nSPS) is 13.5. The SMILES string of the molecule is O=C1CSc2ccc(NCc3cc(Cl)ccc3Cl)cc2N1. The summed E-state index contributed by atoms with van der Waals surface area (Å²) in [5, 5.41) is 7.49. The third-order valence-electron chi connectivity index (χ3n) is 3.10. The number of carbonyl (C=O) groups is 1. The Morgan fingerprint density at radius 1 is 1.19 bits per heavy atom. The molecule has 108 valence electrons. The summed E-state index contributed by atoms with van der Waals surface area (Å²) in [7, 11) is 0. The van der Waals surface area contributed by atoms with Crippen molar-refractivity contribution in [1.82, 2.24) is 0 Å². The maximum absolute atomic E-state index is 11.4. The van der Waals surface area contributed by atoms with Crippen LogP contribution in [0.5, 0.6) is 0 Å². The average molecular weight is 339 g/mol. The van der Waals surface area contributed by atoms with E-state index in [2.05, 4.69) is 10.6 Å². The lowest BCUT2D eigenvalue weighted by molar-refractivity contribution is -0.113. The van der Waals surface area contributed by atoms with Gasteiger partial charge in [-0.3, -0.25) is 4.79 Å². The minimum atomic E-state index is 0.0301. The van der Waals surface area contributed by atoms with Crippen molar-refractivity contribution in [3.8, 4) is 0 Å². The first-order valence-corrected chi connectivity index (χ1v) is 8.10. The minimum Gasteiger partial charge on any atom is -0.381 e. The average Bonchev–Trinajstić information content (AvgIpc) is 2.47. The van der Waals surface area contributed by atoms with Crippen molar-refractivity contribution in [3.63, 3.8) is 0 Å². The molecule has 1 amide bonds. The summed E-state index contributed by atoms with van der Waals surface area (Å²) in [4.78, 5) is 12.5. The summed E-state index contributed by atoms with van der Waals surface area (Å²) < 4.78 is 0. The molecule has 0 aromatic heterocycles. The highest BCUT2D eigenvalue weighted by atomic mass is 35.5. The summed E-state index contributed by atoms with van der Waals surface area (Å²) in [6.07, 6.45) is 0. The van der Waals surface area contributed by atoms with Gasteiger partial charge in [0.05, 0.1) is 11.4 Å². The Labute approximate surface area is 137 Å². The number of hydrogen-bond acceptors (Lipinski definition) is 3. The molecule has 6 heteroatoms. The number of benzene rings is 2. The highest BCUT2D eigenvalue weighted by Gasteiger charge is 2.15. The first-order chi connectivity index (χ1) is 10.1. The van der Waals surface area contributed by atoms with E-state index in [-0.39, 0.29) is 5.91 Å². The highest BCUT2D eigenvalue weighted by molar-refractivity contribution is 8.00. The molecule has 2 aromatic carbocycles. The quantitative estimate of drug-likeness (QED) is 0.855. The van der Waals surface area contributed by atoms with Crippen LogP contribution in [0.3, 0.4) is 0 Å². The van der Waals surface area contributed by atoms with Gasteiger partial charge >= 0.3 is 0 Å². The lowest BCUT2D eigenvalue weighted by atomic mass is 10.2. The zero-order valence-electron chi connectivity index (χ0n) is 11.0. The van der Waals surface area contributed by atoms with Crippen molar-refractivity contribution in [2.24, 2.45) is 0 Å². The van der Waals surface area contributed by atoms with E-state index in [1.54, 1.807) is 23.9 Å². The van der Waals surface area contributed by atoms with Crippen LogP contribution in [0.15, 0.2) is 41.3 Å². The molecule has 0 aliphatic carbocycles. The molecule has 3 rings (SSSR count).